The van der Waals surface area contributed by atoms with Crippen LogP contribution in [0.3, 0.4) is 0 Å². The molecule has 2 aromatic carbocycles. The van der Waals surface area contributed by atoms with Gasteiger partial charge in [0.1, 0.15) is 11.6 Å². The molecule has 0 saturated carbocycles. The van der Waals surface area contributed by atoms with Gasteiger partial charge in [0.15, 0.2) is 0 Å². The molecule has 0 radical (unpaired) electrons. The molecule has 0 bridgehead atoms. The zero-order valence-corrected chi connectivity index (χ0v) is 19.5. The van der Waals surface area contributed by atoms with E-state index in [4.69, 9.17) is 4.74 Å². The summed E-state index contributed by atoms with van der Waals surface area (Å²) in [5.74, 6) is 1.45. The number of amides is 2. The highest BCUT2D eigenvalue weighted by Gasteiger charge is 2.22. The van der Waals surface area contributed by atoms with E-state index in [1.807, 2.05) is 40.1 Å². The summed E-state index contributed by atoms with van der Waals surface area (Å²) in [5.41, 5.74) is 1.54. The van der Waals surface area contributed by atoms with Crippen molar-refractivity contribution in [3.63, 3.8) is 0 Å². The summed E-state index contributed by atoms with van der Waals surface area (Å²) in [6.45, 7) is 2.35. The van der Waals surface area contributed by atoms with Crippen molar-refractivity contribution in [1.29, 1.82) is 0 Å². The fourth-order valence-electron chi connectivity index (χ4n) is 4.25. The number of aromatic nitrogens is 2. The Morgan fingerprint density at radius 3 is 2.24 bits per heavy atom. The zero-order valence-electron chi connectivity index (χ0n) is 19.5. The first-order valence-corrected chi connectivity index (χ1v) is 11.7. The minimum absolute atomic E-state index is 0.0170. The molecule has 1 aliphatic rings. The third kappa shape index (κ3) is 5.81. The van der Waals surface area contributed by atoms with E-state index in [-0.39, 0.29) is 23.8 Å². The number of hydrogen-bond donors (Lipinski definition) is 1. The maximum absolute atomic E-state index is 12.8. The number of benzene rings is 2. The summed E-state index contributed by atoms with van der Waals surface area (Å²) < 4.78 is 5.17. The molecule has 1 aromatic heterocycles. The van der Waals surface area contributed by atoms with Crippen molar-refractivity contribution in [3.8, 4) is 5.75 Å². The van der Waals surface area contributed by atoms with Crippen LogP contribution < -0.4 is 10.3 Å². The van der Waals surface area contributed by atoms with Gasteiger partial charge in [-0.15, -0.1) is 0 Å². The fraction of sp³-hybridized carbons (Fsp3) is 0.385. The van der Waals surface area contributed by atoms with Crippen molar-refractivity contribution in [1.82, 2.24) is 19.8 Å². The Kier molecular flexibility index (Phi) is 7.57. The number of hydrogen-bond acceptors (Lipinski definition) is 5. The number of carbonyl (C=O) groups excluding carboxylic acids is 2. The summed E-state index contributed by atoms with van der Waals surface area (Å²) in [4.78, 5) is 48.7. The molecule has 2 heterocycles. The molecule has 4 rings (SSSR count). The van der Waals surface area contributed by atoms with Crippen LogP contribution in [0.2, 0.25) is 0 Å². The van der Waals surface area contributed by atoms with Crippen molar-refractivity contribution in [2.75, 3.05) is 33.3 Å². The maximum Gasteiger partial charge on any atom is 0.258 e. The molecule has 1 aliphatic heterocycles. The standard InChI is InChI=1S/C26H30N4O4/c1-34-20-10-7-19(8-11-20)9-13-24(31)29-15-4-16-30(18-17-29)25(32)14-12-23-27-22-6-3-2-5-21(22)26(33)28-23/h2-3,5-8,10-11H,4,9,12-18H2,1H3,(H,27,28,33). The van der Waals surface area contributed by atoms with Crippen LogP contribution in [-0.4, -0.2) is 64.9 Å². The summed E-state index contributed by atoms with van der Waals surface area (Å²) in [5, 5.41) is 0.543. The van der Waals surface area contributed by atoms with E-state index >= 15 is 0 Å². The van der Waals surface area contributed by atoms with Crippen LogP contribution in [0.4, 0.5) is 0 Å². The predicted octanol–water partition coefficient (Wildman–Crippen LogP) is 2.56. The van der Waals surface area contributed by atoms with Gasteiger partial charge in [-0.25, -0.2) is 4.98 Å². The third-order valence-corrected chi connectivity index (χ3v) is 6.23. The molecule has 2 amide bonds. The van der Waals surface area contributed by atoms with Gasteiger partial charge in [-0.3, -0.25) is 14.4 Å². The summed E-state index contributed by atoms with van der Waals surface area (Å²) in [6.07, 6.45) is 2.53. The first-order chi connectivity index (χ1) is 16.5. The number of nitrogens with one attached hydrogen (secondary N) is 1. The van der Waals surface area contributed by atoms with Gasteiger partial charge < -0.3 is 19.5 Å². The minimum atomic E-state index is -0.188. The molecule has 1 N–H and O–H groups in total. The van der Waals surface area contributed by atoms with Gasteiger partial charge in [-0.1, -0.05) is 24.3 Å². The van der Waals surface area contributed by atoms with E-state index in [0.29, 0.717) is 62.2 Å². The van der Waals surface area contributed by atoms with Gasteiger partial charge in [0, 0.05) is 45.4 Å². The SMILES string of the molecule is COc1ccc(CCC(=O)N2CCCN(C(=O)CCc3nc4ccccc4c(=O)[nH]3)CC2)cc1. The van der Waals surface area contributed by atoms with Crippen molar-refractivity contribution >= 4 is 22.7 Å². The molecule has 1 saturated heterocycles. The summed E-state index contributed by atoms with van der Waals surface area (Å²) >= 11 is 0. The number of aryl methyl sites for hydroxylation is 2. The van der Waals surface area contributed by atoms with E-state index in [9.17, 15) is 14.4 Å². The Hall–Kier alpha value is -3.68. The van der Waals surface area contributed by atoms with E-state index in [1.54, 1.807) is 25.3 Å². The van der Waals surface area contributed by atoms with E-state index in [0.717, 1.165) is 17.7 Å². The highest BCUT2D eigenvalue weighted by molar-refractivity contribution is 5.79. The Balaban J connectivity index is 1.26. The first-order valence-electron chi connectivity index (χ1n) is 11.7. The summed E-state index contributed by atoms with van der Waals surface area (Å²) in [7, 11) is 1.63. The second-order valence-corrected chi connectivity index (χ2v) is 8.49. The second-order valence-electron chi connectivity index (χ2n) is 8.49. The van der Waals surface area contributed by atoms with E-state index in [2.05, 4.69) is 9.97 Å². The number of aromatic amines is 1. The topological polar surface area (TPSA) is 95.6 Å². The van der Waals surface area contributed by atoms with Gasteiger partial charge in [0.05, 0.1) is 18.0 Å². The lowest BCUT2D eigenvalue weighted by molar-refractivity contribution is -0.133. The molecule has 8 heteroatoms. The average Bonchev–Trinajstić information content (AvgIpc) is 3.13. The van der Waals surface area contributed by atoms with Crippen molar-refractivity contribution < 1.29 is 14.3 Å². The number of H-pyrrole nitrogens is 1. The van der Waals surface area contributed by atoms with Crippen molar-refractivity contribution in [2.45, 2.75) is 32.1 Å². The number of ether oxygens (including phenoxy) is 1. The number of methoxy groups -OCH3 is 1. The van der Waals surface area contributed by atoms with Crippen molar-refractivity contribution in [3.05, 3.63) is 70.3 Å². The van der Waals surface area contributed by atoms with Crippen LogP contribution in [0.1, 0.15) is 30.7 Å². The molecule has 1 fully saturated rings. The van der Waals surface area contributed by atoms with Gasteiger partial charge >= 0.3 is 0 Å². The van der Waals surface area contributed by atoms with Crippen LogP contribution in [-0.2, 0) is 22.4 Å². The van der Waals surface area contributed by atoms with Crippen LogP contribution in [0, 0.1) is 0 Å². The Morgan fingerprint density at radius 1 is 0.912 bits per heavy atom. The third-order valence-electron chi connectivity index (χ3n) is 6.23. The molecule has 8 nitrogen and oxygen atoms in total. The lowest BCUT2D eigenvalue weighted by Crippen LogP contribution is -2.37. The van der Waals surface area contributed by atoms with Gasteiger partial charge in [0.25, 0.3) is 5.56 Å². The van der Waals surface area contributed by atoms with E-state index < -0.39 is 0 Å². The van der Waals surface area contributed by atoms with Crippen molar-refractivity contribution in [2.24, 2.45) is 0 Å². The molecule has 0 unspecified atom stereocenters. The van der Waals surface area contributed by atoms with Crippen LogP contribution in [0.25, 0.3) is 10.9 Å². The molecular formula is C26H30N4O4. The zero-order chi connectivity index (χ0) is 23.9. The molecule has 0 spiro atoms. The highest BCUT2D eigenvalue weighted by atomic mass is 16.5. The van der Waals surface area contributed by atoms with Gasteiger partial charge in [-0.05, 0) is 42.7 Å². The number of rotatable bonds is 7. The fourth-order valence-corrected chi connectivity index (χ4v) is 4.25. The molecule has 34 heavy (non-hydrogen) atoms. The average molecular weight is 463 g/mol. The number of nitrogens with zero attached hydrogens (tertiary/aromatic N) is 3. The van der Waals surface area contributed by atoms with Gasteiger partial charge in [-0.2, -0.15) is 0 Å². The maximum atomic E-state index is 12.8. The first kappa shape index (κ1) is 23.5. The molecule has 178 valence electrons. The number of carbonyl (C=O) groups is 2. The lowest BCUT2D eigenvalue weighted by Gasteiger charge is -2.22. The lowest BCUT2D eigenvalue weighted by atomic mass is 10.1. The molecule has 3 aromatic rings. The number of fused-ring (bicyclic) bond motifs is 1. The Morgan fingerprint density at radius 2 is 1.56 bits per heavy atom. The summed E-state index contributed by atoms with van der Waals surface area (Å²) in [6, 6.07) is 14.9. The predicted molar refractivity (Wildman–Crippen MR) is 130 cm³/mol. The number of para-hydroxylation sites is 1. The quantitative estimate of drug-likeness (QED) is 0.582. The Bertz CT molecular complexity index is 1210. The molecule has 0 aliphatic carbocycles. The van der Waals surface area contributed by atoms with Crippen LogP contribution >= 0.6 is 0 Å². The molecular weight excluding hydrogens is 432 g/mol. The van der Waals surface area contributed by atoms with Crippen LogP contribution in [0.5, 0.6) is 5.75 Å². The highest BCUT2D eigenvalue weighted by Crippen LogP contribution is 2.14. The van der Waals surface area contributed by atoms with E-state index in [1.165, 1.54) is 0 Å². The van der Waals surface area contributed by atoms with Gasteiger partial charge in [0.2, 0.25) is 11.8 Å². The molecule has 0 atom stereocenters. The largest absolute Gasteiger partial charge is 0.497 e. The monoisotopic (exact) mass is 462 g/mol. The normalized spacial score (nSPS) is 14.1. The minimum Gasteiger partial charge on any atom is -0.497 e. The smallest absolute Gasteiger partial charge is 0.258 e. The second kappa shape index (κ2) is 11.0. The Labute approximate surface area is 198 Å². The van der Waals surface area contributed by atoms with Crippen LogP contribution in [0.15, 0.2) is 53.3 Å².